The van der Waals surface area contributed by atoms with Crippen molar-refractivity contribution in [1.29, 1.82) is 0 Å². The van der Waals surface area contributed by atoms with E-state index in [0.717, 1.165) is 5.69 Å². The Balaban J connectivity index is 1.78. The van der Waals surface area contributed by atoms with Crippen LogP contribution in [0.5, 0.6) is 0 Å². The van der Waals surface area contributed by atoms with Gasteiger partial charge in [0, 0.05) is 32.6 Å². The van der Waals surface area contributed by atoms with E-state index >= 15 is 0 Å². The van der Waals surface area contributed by atoms with Crippen molar-refractivity contribution in [3.63, 3.8) is 0 Å². The summed E-state index contributed by atoms with van der Waals surface area (Å²) in [5.74, 6) is -0.559. The number of nitrogens with zero attached hydrogens (tertiary/aromatic N) is 2. The number of amides is 2. The zero-order valence-corrected chi connectivity index (χ0v) is 14.2. The predicted octanol–water partition coefficient (Wildman–Crippen LogP) is 2.32. The number of hydrogen-bond acceptors (Lipinski definition) is 3. The number of benzene rings is 1. The fourth-order valence-corrected chi connectivity index (χ4v) is 2.40. The lowest BCUT2D eigenvalue weighted by molar-refractivity contribution is -0.129. The Morgan fingerprint density at radius 2 is 1.88 bits per heavy atom. The third-order valence-corrected chi connectivity index (χ3v) is 3.86. The van der Waals surface area contributed by atoms with Crippen molar-refractivity contribution in [1.82, 2.24) is 15.2 Å². The molecule has 1 aromatic carbocycles. The van der Waals surface area contributed by atoms with Crippen LogP contribution in [-0.2, 0) is 22.6 Å². The van der Waals surface area contributed by atoms with Gasteiger partial charge in [0.05, 0.1) is 12.2 Å². The minimum atomic E-state index is -0.279. The third kappa shape index (κ3) is 6.33. The highest BCUT2D eigenvalue weighted by atomic mass is 19.1. The van der Waals surface area contributed by atoms with Gasteiger partial charge in [-0.3, -0.25) is 14.6 Å². The van der Waals surface area contributed by atoms with Gasteiger partial charge in [-0.15, -0.1) is 0 Å². The van der Waals surface area contributed by atoms with E-state index in [2.05, 4.69) is 10.3 Å². The molecule has 1 heterocycles. The second-order valence-electron chi connectivity index (χ2n) is 5.70. The van der Waals surface area contributed by atoms with Crippen LogP contribution in [-0.4, -0.2) is 34.8 Å². The van der Waals surface area contributed by atoms with E-state index in [0.29, 0.717) is 31.6 Å². The predicted molar refractivity (Wildman–Crippen MR) is 93.1 cm³/mol. The van der Waals surface area contributed by atoms with Gasteiger partial charge in [-0.1, -0.05) is 24.3 Å². The molecular formula is C19H22FN3O2. The number of aromatic nitrogens is 1. The number of carbonyl (C=O) groups is 2. The van der Waals surface area contributed by atoms with E-state index in [4.69, 9.17) is 0 Å². The van der Waals surface area contributed by atoms with Gasteiger partial charge in [-0.2, -0.15) is 0 Å². The minimum Gasteiger partial charge on any atom is -0.350 e. The highest BCUT2D eigenvalue weighted by molar-refractivity contribution is 5.78. The topological polar surface area (TPSA) is 62.3 Å². The molecule has 0 aliphatic heterocycles. The van der Waals surface area contributed by atoms with Gasteiger partial charge >= 0.3 is 0 Å². The van der Waals surface area contributed by atoms with Crippen LogP contribution < -0.4 is 5.32 Å². The normalized spacial score (nSPS) is 10.3. The highest BCUT2D eigenvalue weighted by Gasteiger charge is 2.12. The molecule has 0 aliphatic rings. The lowest BCUT2D eigenvalue weighted by Crippen LogP contribution is -2.35. The molecule has 0 saturated carbocycles. The van der Waals surface area contributed by atoms with Crippen molar-refractivity contribution < 1.29 is 14.0 Å². The number of nitrogens with one attached hydrogen (secondary N) is 1. The molecule has 132 valence electrons. The van der Waals surface area contributed by atoms with E-state index in [1.54, 1.807) is 29.3 Å². The molecule has 0 atom stereocenters. The van der Waals surface area contributed by atoms with E-state index < -0.39 is 0 Å². The molecule has 0 bridgehead atoms. The van der Waals surface area contributed by atoms with Crippen LogP contribution in [0, 0.1) is 5.82 Å². The summed E-state index contributed by atoms with van der Waals surface area (Å²) in [6, 6.07) is 12.0. The molecule has 6 heteroatoms. The molecule has 25 heavy (non-hydrogen) atoms. The third-order valence-electron chi connectivity index (χ3n) is 3.86. The number of rotatable bonds is 8. The fourth-order valence-electron chi connectivity index (χ4n) is 2.40. The zero-order chi connectivity index (χ0) is 18.1. The summed E-state index contributed by atoms with van der Waals surface area (Å²) in [4.78, 5) is 29.4. The van der Waals surface area contributed by atoms with Gasteiger partial charge < -0.3 is 10.2 Å². The summed E-state index contributed by atoms with van der Waals surface area (Å²) in [7, 11) is 0. The van der Waals surface area contributed by atoms with Crippen molar-refractivity contribution in [2.75, 3.05) is 13.1 Å². The first-order chi connectivity index (χ1) is 12.1. The lowest BCUT2D eigenvalue weighted by Gasteiger charge is -2.21. The van der Waals surface area contributed by atoms with Crippen LogP contribution in [0.25, 0.3) is 0 Å². The average Bonchev–Trinajstić information content (AvgIpc) is 2.62. The highest BCUT2D eigenvalue weighted by Crippen LogP contribution is 2.08. The molecular weight excluding hydrogens is 321 g/mol. The van der Waals surface area contributed by atoms with Crippen molar-refractivity contribution >= 4 is 11.8 Å². The van der Waals surface area contributed by atoms with Gasteiger partial charge in [0.25, 0.3) is 0 Å². The van der Waals surface area contributed by atoms with Crippen LogP contribution >= 0.6 is 0 Å². The van der Waals surface area contributed by atoms with Crippen molar-refractivity contribution in [3.8, 4) is 0 Å². The Morgan fingerprint density at radius 3 is 2.56 bits per heavy atom. The molecule has 2 aromatic rings. The Hall–Kier alpha value is -2.76. The maximum Gasteiger partial charge on any atom is 0.222 e. The first kappa shape index (κ1) is 18.6. The maximum absolute atomic E-state index is 13.6. The molecule has 1 aromatic heterocycles. The average molecular weight is 343 g/mol. The Kier molecular flexibility index (Phi) is 7.07. The molecule has 0 unspecified atom stereocenters. The quantitative estimate of drug-likeness (QED) is 0.800. The molecule has 0 saturated heterocycles. The van der Waals surface area contributed by atoms with E-state index in [1.165, 1.54) is 13.0 Å². The van der Waals surface area contributed by atoms with Crippen LogP contribution in [0.15, 0.2) is 48.7 Å². The van der Waals surface area contributed by atoms with E-state index in [1.807, 2.05) is 18.2 Å². The number of halogens is 1. The van der Waals surface area contributed by atoms with Gasteiger partial charge in [-0.05, 0) is 30.2 Å². The second kappa shape index (κ2) is 9.52. The zero-order valence-electron chi connectivity index (χ0n) is 14.2. The Morgan fingerprint density at radius 1 is 1.12 bits per heavy atom. The largest absolute Gasteiger partial charge is 0.350 e. The Bertz CT molecular complexity index is 707. The summed E-state index contributed by atoms with van der Waals surface area (Å²) in [5.41, 5.74) is 1.34. The lowest BCUT2D eigenvalue weighted by atomic mass is 10.1. The van der Waals surface area contributed by atoms with Crippen molar-refractivity contribution in [2.45, 2.75) is 26.3 Å². The van der Waals surface area contributed by atoms with Gasteiger partial charge in [0.15, 0.2) is 0 Å². The summed E-state index contributed by atoms with van der Waals surface area (Å²) < 4.78 is 13.6. The van der Waals surface area contributed by atoms with Gasteiger partial charge in [-0.25, -0.2) is 4.39 Å². The first-order valence-electron chi connectivity index (χ1n) is 8.22. The minimum absolute atomic E-state index is 0.131. The molecule has 0 spiro atoms. The standard InChI is InChI=1S/C19H22FN3O2/c1-15(24)23(12-9-16-6-2-3-8-18(16)20)13-10-19(25)22-14-17-7-4-5-11-21-17/h2-8,11H,9-10,12-14H2,1H3,(H,22,25). The van der Waals surface area contributed by atoms with Crippen LogP contribution in [0.1, 0.15) is 24.6 Å². The van der Waals surface area contributed by atoms with Gasteiger partial charge in [0.2, 0.25) is 11.8 Å². The first-order valence-corrected chi connectivity index (χ1v) is 8.22. The molecule has 2 amide bonds. The van der Waals surface area contributed by atoms with Crippen LogP contribution in [0.3, 0.4) is 0 Å². The molecule has 2 rings (SSSR count). The van der Waals surface area contributed by atoms with E-state index in [-0.39, 0.29) is 24.1 Å². The van der Waals surface area contributed by atoms with Crippen LogP contribution in [0.4, 0.5) is 4.39 Å². The van der Waals surface area contributed by atoms with Crippen LogP contribution in [0.2, 0.25) is 0 Å². The second-order valence-corrected chi connectivity index (χ2v) is 5.70. The van der Waals surface area contributed by atoms with E-state index in [9.17, 15) is 14.0 Å². The summed E-state index contributed by atoms with van der Waals surface area (Å²) in [6.07, 6.45) is 2.28. The summed E-state index contributed by atoms with van der Waals surface area (Å²) in [5, 5.41) is 2.78. The monoisotopic (exact) mass is 343 g/mol. The van der Waals surface area contributed by atoms with Crippen molar-refractivity contribution in [3.05, 3.63) is 65.7 Å². The smallest absolute Gasteiger partial charge is 0.222 e. The van der Waals surface area contributed by atoms with Crippen molar-refractivity contribution in [2.24, 2.45) is 0 Å². The number of pyridine rings is 1. The summed E-state index contributed by atoms with van der Waals surface area (Å²) >= 11 is 0. The number of hydrogen-bond donors (Lipinski definition) is 1. The van der Waals surface area contributed by atoms with Gasteiger partial charge in [0.1, 0.15) is 5.82 Å². The fraction of sp³-hybridized carbons (Fsp3) is 0.316. The molecule has 5 nitrogen and oxygen atoms in total. The maximum atomic E-state index is 13.6. The molecule has 0 fully saturated rings. The Labute approximate surface area is 146 Å². The molecule has 0 radical (unpaired) electrons. The molecule has 0 aliphatic carbocycles. The summed E-state index contributed by atoms with van der Waals surface area (Å²) in [6.45, 7) is 2.49. The molecule has 1 N–H and O–H groups in total. The SMILES string of the molecule is CC(=O)N(CCC(=O)NCc1ccccn1)CCc1ccccc1F. The number of carbonyl (C=O) groups excluding carboxylic acids is 2.